The predicted molar refractivity (Wildman–Crippen MR) is 105 cm³/mol. The number of benzene rings is 2. The van der Waals surface area contributed by atoms with Gasteiger partial charge < -0.3 is 10.1 Å². The Kier molecular flexibility index (Phi) is 5.57. The molecule has 3 aromatic rings. The smallest absolute Gasteiger partial charge is 0.254 e. The molecule has 1 heterocycles. The van der Waals surface area contributed by atoms with E-state index in [0.717, 1.165) is 5.56 Å². The highest BCUT2D eigenvalue weighted by atomic mass is 35.5. The topological polar surface area (TPSA) is 73.2 Å². The molecule has 27 heavy (non-hydrogen) atoms. The van der Waals surface area contributed by atoms with E-state index in [1.807, 2.05) is 31.2 Å². The quantitative estimate of drug-likeness (QED) is 0.731. The van der Waals surface area contributed by atoms with E-state index < -0.39 is 0 Å². The van der Waals surface area contributed by atoms with Crippen LogP contribution in [0.3, 0.4) is 0 Å². The van der Waals surface area contributed by atoms with E-state index in [2.05, 4.69) is 10.3 Å². The van der Waals surface area contributed by atoms with Gasteiger partial charge in [-0.05, 0) is 36.8 Å². The minimum atomic E-state index is -0.344. The molecule has 0 aliphatic rings. The van der Waals surface area contributed by atoms with E-state index in [4.69, 9.17) is 16.3 Å². The molecule has 0 spiro atoms. The molecule has 0 saturated heterocycles. The Labute approximate surface area is 161 Å². The second-order valence-corrected chi connectivity index (χ2v) is 6.36. The number of nitrogens with one attached hydrogen (secondary N) is 1. The molecule has 138 valence electrons. The number of carbonyl (C=O) groups excluding carboxylic acids is 1. The van der Waals surface area contributed by atoms with Crippen LogP contribution in [0, 0.1) is 6.92 Å². The number of aromatic nitrogens is 2. The number of rotatable bonds is 5. The number of aryl methyl sites for hydroxylation is 1. The maximum Gasteiger partial charge on any atom is 0.254 e. The van der Waals surface area contributed by atoms with Crippen LogP contribution in [-0.4, -0.2) is 22.6 Å². The van der Waals surface area contributed by atoms with Crippen molar-refractivity contribution in [3.8, 4) is 17.0 Å². The zero-order valence-electron chi connectivity index (χ0n) is 14.9. The van der Waals surface area contributed by atoms with Crippen LogP contribution in [0.25, 0.3) is 11.3 Å². The molecule has 2 aromatic carbocycles. The highest BCUT2D eigenvalue weighted by Crippen LogP contribution is 2.26. The van der Waals surface area contributed by atoms with Crippen molar-refractivity contribution in [1.82, 2.24) is 9.55 Å². The molecule has 6 nitrogen and oxygen atoms in total. The molecular formula is C20H18ClN3O3. The number of methoxy groups -OCH3 is 1. The van der Waals surface area contributed by atoms with E-state index in [1.165, 1.54) is 17.0 Å². The first kappa shape index (κ1) is 18.7. The molecule has 0 aliphatic carbocycles. The number of ether oxygens (including phenoxy) is 1. The van der Waals surface area contributed by atoms with Gasteiger partial charge in [-0.1, -0.05) is 29.8 Å². The van der Waals surface area contributed by atoms with Gasteiger partial charge in [0, 0.05) is 22.3 Å². The van der Waals surface area contributed by atoms with Gasteiger partial charge in [-0.3, -0.25) is 14.2 Å². The van der Waals surface area contributed by atoms with Crippen LogP contribution >= 0.6 is 11.6 Å². The fourth-order valence-electron chi connectivity index (χ4n) is 2.57. The van der Waals surface area contributed by atoms with Crippen molar-refractivity contribution in [2.45, 2.75) is 13.5 Å². The molecule has 1 N–H and O–H groups in total. The van der Waals surface area contributed by atoms with Crippen molar-refractivity contribution in [2.24, 2.45) is 0 Å². The zero-order valence-corrected chi connectivity index (χ0v) is 15.7. The Balaban J connectivity index is 1.77. The van der Waals surface area contributed by atoms with Crippen LogP contribution < -0.4 is 15.6 Å². The SMILES string of the molecule is COc1ccccc1-c1cc(=O)n(CC(=O)Nc2ccc(C)c(Cl)c2)cn1. The van der Waals surface area contributed by atoms with Crippen LogP contribution in [0.4, 0.5) is 5.69 Å². The average molecular weight is 384 g/mol. The molecule has 1 amide bonds. The lowest BCUT2D eigenvalue weighted by Gasteiger charge is -2.10. The second kappa shape index (κ2) is 8.05. The fourth-order valence-corrected chi connectivity index (χ4v) is 2.75. The molecule has 0 saturated carbocycles. The molecule has 0 bridgehead atoms. The molecular weight excluding hydrogens is 366 g/mol. The molecule has 0 fully saturated rings. The number of halogens is 1. The van der Waals surface area contributed by atoms with E-state index >= 15 is 0 Å². The minimum absolute atomic E-state index is 0.149. The van der Waals surface area contributed by atoms with Gasteiger partial charge in [0.05, 0.1) is 19.1 Å². The summed E-state index contributed by atoms with van der Waals surface area (Å²) in [6.45, 7) is 1.73. The van der Waals surface area contributed by atoms with Gasteiger partial charge in [0.25, 0.3) is 5.56 Å². The van der Waals surface area contributed by atoms with Crippen LogP contribution in [-0.2, 0) is 11.3 Å². The third-order valence-electron chi connectivity index (χ3n) is 4.03. The Hall–Kier alpha value is -3.12. The summed E-state index contributed by atoms with van der Waals surface area (Å²) in [6, 6.07) is 13.9. The Morgan fingerprint density at radius 2 is 2.00 bits per heavy atom. The largest absolute Gasteiger partial charge is 0.496 e. The first-order chi connectivity index (χ1) is 13.0. The normalized spacial score (nSPS) is 10.5. The maximum atomic E-state index is 12.4. The number of para-hydroxylation sites is 1. The first-order valence-electron chi connectivity index (χ1n) is 8.24. The van der Waals surface area contributed by atoms with Crippen LogP contribution in [0.5, 0.6) is 5.75 Å². The van der Waals surface area contributed by atoms with Crippen LogP contribution in [0.2, 0.25) is 5.02 Å². The Morgan fingerprint density at radius 3 is 2.70 bits per heavy atom. The molecule has 1 aromatic heterocycles. The lowest BCUT2D eigenvalue weighted by atomic mass is 10.1. The number of hydrogen-bond acceptors (Lipinski definition) is 4. The van der Waals surface area contributed by atoms with E-state index in [0.29, 0.717) is 27.7 Å². The van der Waals surface area contributed by atoms with Gasteiger partial charge in [-0.25, -0.2) is 4.98 Å². The number of carbonyl (C=O) groups is 1. The van der Waals surface area contributed by atoms with E-state index in [-0.39, 0.29) is 18.0 Å². The second-order valence-electron chi connectivity index (χ2n) is 5.95. The zero-order chi connectivity index (χ0) is 19.4. The first-order valence-corrected chi connectivity index (χ1v) is 8.61. The number of amides is 1. The summed E-state index contributed by atoms with van der Waals surface area (Å²) in [4.78, 5) is 28.9. The summed E-state index contributed by atoms with van der Waals surface area (Å²) < 4.78 is 6.54. The Morgan fingerprint density at radius 1 is 1.22 bits per heavy atom. The molecule has 0 radical (unpaired) electrons. The van der Waals surface area contributed by atoms with Crippen molar-refractivity contribution in [2.75, 3.05) is 12.4 Å². The van der Waals surface area contributed by atoms with E-state index in [1.54, 1.807) is 25.3 Å². The molecule has 7 heteroatoms. The summed E-state index contributed by atoms with van der Waals surface area (Å²) in [7, 11) is 1.56. The third-order valence-corrected chi connectivity index (χ3v) is 4.44. The van der Waals surface area contributed by atoms with Crippen LogP contribution in [0.15, 0.2) is 59.7 Å². The van der Waals surface area contributed by atoms with Gasteiger partial charge in [0.2, 0.25) is 5.91 Å². The highest BCUT2D eigenvalue weighted by Gasteiger charge is 2.10. The van der Waals surface area contributed by atoms with Crippen molar-refractivity contribution in [3.63, 3.8) is 0 Å². The summed E-state index contributed by atoms with van der Waals surface area (Å²) in [5.41, 5.74) is 2.36. The summed E-state index contributed by atoms with van der Waals surface area (Å²) >= 11 is 6.06. The summed E-state index contributed by atoms with van der Waals surface area (Å²) in [5, 5.41) is 3.28. The van der Waals surface area contributed by atoms with Crippen LogP contribution in [0.1, 0.15) is 5.56 Å². The average Bonchev–Trinajstić information content (AvgIpc) is 2.66. The minimum Gasteiger partial charge on any atom is -0.496 e. The van der Waals surface area contributed by atoms with E-state index in [9.17, 15) is 9.59 Å². The number of hydrogen-bond donors (Lipinski definition) is 1. The summed E-state index contributed by atoms with van der Waals surface area (Å²) in [6.07, 6.45) is 1.35. The lowest BCUT2D eigenvalue weighted by Crippen LogP contribution is -2.27. The molecule has 0 unspecified atom stereocenters. The molecule has 0 aliphatic heterocycles. The number of nitrogens with zero attached hydrogens (tertiary/aromatic N) is 2. The lowest BCUT2D eigenvalue weighted by molar-refractivity contribution is -0.116. The van der Waals surface area contributed by atoms with Gasteiger partial charge in [0.1, 0.15) is 12.3 Å². The van der Waals surface area contributed by atoms with Gasteiger partial charge >= 0.3 is 0 Å². The van der Waals surface area contributed by atoms with Gasteiger partial charge in [0.15, 0.2) is 0 Å². The highest BCUT2D eigenvalue weighted by molar-refractivity contribution is 6.31. The van der Waals surface area contributed by atoms with Gasteiger partial charge in [-0.2, -0.15) is 0 Å². The van der Waals surface area contributed by atoms with Gasteiger partial charge in [-0.15, -0.1) is 0 Å². The Bertz CT molecular complexity index is 1050. The number of anilines is 1. The van der Waals surface area contributed by atoms with Crippen molar-refractivity contribution < 1.29 is 9.53 Å². The predicted octanol–water partition coefficient (Wildman–Crippen LogP) is 3.52. The summed E-state index contributed by atoms with van der Waals surface area (Å²) in [5.74, 6) is 0.278. The van der Waals surface area contributed by atoms with Crippen molar-refractivity contribution in [1.29, 1.82) is 0 Å². The fraction of sp³-hybridized carbons (Fsp3) is 0.150. The molecule has 0 atom stereocenters. The molecule has 3 rings (SSSR count). The standard InChI is InChI=1S/C20H18ClN3O3/c1-13-7-8-14(9-16(13)21)23-19(25)11-24-12-22-17(10-20(24)26)15-5-3-4-6-18(15)27-2/h3-10,12H,11H2,1-2H3,(H,23,25). The monoisotopic (exact) mass is 383 g/mol. The van der Waals surface area contributed by atoms with Crippen molar-refractivity contribution in [3.05, 3.63) is 75.8 Å². The maximum absolute atomic E-state index is 12.4. The third kappa shape index (κ3) is 4.35. The van der Waals surface area contributed by atoms with Crippen molar-refractivity contribution >= 4 is 23.2 Å².